The van der Waals surface area contributed by atoms with Gasteiger partial charge >= 0.3 is 54.0 Å². The Kier molecular flexibility index (Phi) is 1.33. The fourth-order valence-corrected chi connectivity index (χ4v) is 0. The Labute approximate surface area is 55.2 Å². The van der Waals surface area contributed by atoms with E-state index in [1.165, 1.54) is 0 Å². The molecule has 0 aromatic carbocycles. The molecule has 0 bridgehead atoms. The Morgan fingerprint density at radius 1 is 0.800 bits per heavy atom. The molecular formula is C3H9F5NP. The molecular weight excluding hydrogens is 176 g/mol. The summed E-state index contributed by atoms with van der Waals surface area (Å²) in [5.74, 6) is 0. The number of hydrogen-bond donors (Lipinski definition) is 0. The third kappa shape index (κ3) is 1.76. The normalized spacial score (nSPS) is 21.6. The fraction of sp³-hybridized carbons (Fsp3) is 1.00. The molecule has 0 aliphatic carbocycles. The van der Waals surface area contributed by atoms with E-state index in [2.05, 4.69) is 0 Å². The molecule has 0 aromatic rings. The van der Waals surface area contributed by atoms with Gasteiger partial charge in [0, 0.05) is 0 Å². The quantitative estimate of drug-likeness (QED) is 0.435. The van der Waals surface area contributed by atoms with Gasteiger partial charge in [0.2, 0.25) is 0 Å². The third-order valence-corrected chi connectivity index (χ3v) is 3.40. The van der Waals surface area contributed by atoms with Crippen molar-refractivity contribution in [3.8, 4) is 0 Å². The molecule has 0 radical (unpaired) electrons. The Balaban J connectivity index is 5.14. The van der Waals surface area contributed by atoms with Crippen molar-refractivity contribution in [2.75, 3.05) is 21.1 Å². The van der Waals surface area contributed by atoms with Gasteiger partial charge in [-0.15, -0.1) is 0 Å². The minimum absolute atomic E-state index is 0.413. The molecule has 0 aromatic heterocycles. The molecule has 0 saturated heterocycles. The average molecular weight is 185 g/mol. The van der Waals surface area contributed by atoms with E-state index in [4.69, 9.17) is 0 Å². The zero-order chi connectivity index (χ0) is 8.91. The summed E-state index contributed by atoms with van der Waals surface area (Å²) in [5, 5.41) is 0. The topological polar surface area (TPSA) is 0 Å². The third-order valence-electron chi connectivity index (χ3n) is 1.13. The molecule has 0 atom stereocenters. The van der Waals surface area contributed by atoms with Gasteiger partial charge in [-0.05, 0) is 0 Å². The zero-order valence-electron chi connectivity index (χ0n) is 5.78. The van der Waals surface area contributed by atoms with Crippen molar-refractivity contribution >= 4 is 7.65 Å². The first kappa shape index (κ1) is 10.0. The Morgan fingerprint density at radius 2 is 0.900 bits per heavy atom. The number of hydrogen-bond acceptors (Lipinski definition) is 0. The van der Waals surface area contributed by atoms with Crippen LogP contribution in [0, 0.1) is 0 Å². The maximum absolute atomic E-state index is 11.7. The van der Waals surface area contributed by atoms with Crippen LogP contribution in [0.2, 0.25) is 0 Å². The molecule has 0 unspecified atom stereocenters. The first-order valence-corrected chi connectivity index (χ1v) is 4.48. The zero-order valence-corrected chi connectivity index (χ0v) is 6.68. The molecule has 7 heteroatoms. The van der Waals surface area contributed by atoms with Gasteiger partial charge in [0.25, 0.3) is 0 Å². The van der Waals surface area contributed by atoms with Crippen LogP contribution in [0.5, 0.6) is 0 Å². The molecule has 0 rings (SSSR count). The van der Waals surface area contributed by atoms with Crippen molar-refractivity contribution in [3.63, 3.8) is 0 Å². The molecule has 10 heavy (non-hydrogen) atoms. The van der Waals surface area contributed by atoms with Crippen LogP contribution < -0.4 is 0 Å². The van der Waals surface area contributed by atoms with Crippen LogP contribution in [0.3, 0.4) is 0 Å². The first-order valence-electron chi connectivity index (χ1n) is 2.39. The van der Waals surface area contributed by atoms with Gasteiger partial charge in [-0.3, -0.25) is 0 Å². The summed E-state index contributed by atoms with van der Waals surface area (Å²) < 4.78 is 56.3. The number of halogens is 5. The van der Waals surface area contributed by atoms with E-state index >= 15 is 0 Å². The second-order valence-corrected chi connectivity index (χ2v) is 6.19. The molecule has 0 amide bonds. The molecule has 1 nitrogen and oxygen atoms in total. The van der Waals surface area contributed by atoms with Crippen molar-refractivity contribution < 1.29 is 25.2 Å². The van der Waals surface area contributed by atoms with Crippen LogP contribution in [-0.2, 0) is 0 Å². The molecule has 0 saturated carbocycles. The predicted octanol–water partition coefficient (Wildman–Crippen LogP) is 3.12. The molecule has 66 valence electrons. The SMILES string of the molecule is C[N+](C)(C)[P-](F)(F)(F)(F)F. The van der Waals surface area contributed by atoms with Gasteiger partial charge in [-0.25, -0.2) is 0 Å². The second kappa shape index (κ2) is 1.32. The Bertz CT molecular complexity index is 147. The van der Waals surface area contributed by atoms with Crippen molar-refractivity contribution in [2.45, 2.75) is 0 Å². The maximum atomic E-state index is 11.7. The number of nitrogens with zero attached hydrogens (tertiary/aromatic N) is 1. The Morgan fingerprint density at radius 3 is 0.900 bits per heavy atom. The standard InChI is InChI=1S/C3H9F5NP/c1-9(2,3)10(4,5,6,7)8/h1-3H3. The summed E-state index contributed by atoms with van der Waals surface area (Å²) >= 11 is 0. The summed E-state index contributed by atoms with van der Waals surface area (Å²) in [6.45, 7) is 0. The molecule has 0 heterocycles. The van der Waals surface area contributed by atoms with Crippen LogP contribution in [0.25, 0.3) is 0 Å². The predicted molar refractivity (Wildman–Crippen MR) is 30.5 cm³/mol. The van der Waals surface area contributed by atoms with Gasteiger partial charge in [-0.2, -0.15) is 0 Å². The van der Waals surface area contributed by atoms with Gasteiger partial charge in [0.15, 0.2) is 0 Å². The van der Waals surface area contributed by atoms with Gasteiger partial charge in [0.1, 0.15) is 0 Å². The molecule has 0 N–H and O–H groups in total. The molecule has 0 aliphatic heterocycles. The van der Waals surface area contributed by atoms with Crippen molar-refractivity contribution in [3.05, 3.63) is 0 Å². The number of quaternary nitrogens is 1. The van der Waals surface area contributed by atoms with Crippen molar-refractivity contribution in [2.24, 2.45) is 0 Å². The molecule has 0 fully saturated rings. The summed E-state index contributed by atoms with van der Waals surface area (Å²) in [5.41, 5.74) is 0. The van der Waals surface area contributed by atoms with Gasteiger partial charge < -0.3 is 0 Å². The number of rotatable bonds is 1. The van der Waals surface area contributed by atoms with E-state index in [0.717, 1.165) is 0 Å². The van der Waals surface area contributed by atoms with E-state index in [1.54, 1.807) is 0 Å². The van der Waals surface area contributed by atoms with Crippen LogP contribution in [0.15, 0.2) is 0 Å². The first-order chi connectivity index (χ1) is 3.75. The summed E-state index contributed by atoms with van der Waals surface area (Å²) in [6, 6.07) is 0. The summed E-state index contributed by atoms with van der Waals surface area (Å²) in [4.78, 5) is 0. The van der Waals surface area contributed by atoms with E-state index in [9.17, 15) is 21.0 Å². The van der Waals surface area contributed by atoms with E-state index in [-0.39, 0.29) is 0 Å². The van der Waals surface area contributed by atoms with Crippen LogP contribution in [0.4, 0.5) is 21.0 Å². The van der Waals surface area contributed by atoms with Crippen LogP contribution in [-0.4, -0.2) is 25.4 Å². The van der Waals surface area contributed by atoms with E-state index < -0.39 is 11.9 Å². The van der Waals surface area contributed by atoms with Crippen molar-refractivity contribution in [1.82, 2.24) is 0 Å². The van der Waals surface area contributed by atoms with Crippen molar-refractivity contribution in [1.29, 1.82) is 0 Å². The van der Waals surface area contributed by atoms with Crippen LogP contribution >= 0.6 is 7.65 Å². The van der Waals surface area contributed by atoms with Gasteiger partial charge in [-0.1, -0.05) is 0 Å². The van der Waals surface area contributed by atoms with E-state index in [1.807, 2.05) is 0 Å². The minimum atomic E-state index is -9.52. The fourth-order valence-electron chi connectivity index (χ4n) is 0. The summed E-state index contributed by atoms with van der Waals surface area (Å²) in [6.07, 6.45) is 0. The second-order valence-electron chi connectivity index (χ2n) is 2.96. The van der Waals surface area contributed by atoms with Gasteiger partial charge in [0.05, 0.1) is 0 Å². The average Bonchev–Trinajstić information content (AvgIpc) is 1.16. The monoisotopic (exact) mass is 185 g/mol. The van der Waals surface area contributed by atoms with Crippen LogP contribution in [0.1, 0.15) is 0 Å². The van der Waals surface area contributed by atoms with E-state index in [0.29, 0.717) is 21.1 Å². The summed E-state index contributed by atoms with van der Waals surface area (Å²) in [7, 11) is -8.28. The Hall–Kier alpha value is 0.0400. The molecule has 0 spiro atoms. The molecule has 0 aliphatic rings.